The van der Waals surface area contributed by atoms with Crippen molar-refractivity contribution in [2.24, 2.45) is 11.7 Å². The topological polar surface area (TPSA) is 55.1 Å². The Hall–Kier alpha value is -1.63. The molecule has 0 aliphatic heterocycles. The third-order valence-electron chi connectivity index (χ3n) is 3.60. The van der Waals surface area contributed by atoms with Crippen LogP contribution in [-0.4, -0.2) is 22.6 Å². The smallest absolute Gasteiger partial charge is 0.393 e. The van der Waals surface area contributed by atoms with Crippen molar-refractivity contribution in [3.8, 4) is 0 Å². The standard InChI is InChI=1S/C14H15F3N2OS/c15-14(16,17)13(6-7-13)19-12(20)10(11(18)21)8-9-4-2-1-3-5-9/h1-5,10H,6-8H2,(H2,18,21)(H,19,20). The van der Waals surface area contributed by atoms with Crippen molar-refractivity contribution in [2.45, 2.75) is 31.0 Å². The van der Waals surface area contributed by atoms with Crippen molar-refractivity contribution < 1.29 is 18.0 Å². The fourth-order valence-corrected chi connectivity index (χ4v) is 2.29. The lowest BCUT2D eigenvalue weighted by molar-refractivity contribution is -0.170. The maximum absolute atomic E-state index is 12.9. The van der Waals surface area contributed by atoms with Crippen LogP contribution >= 0.6 is 12.2 Å². The number of benzene rings is 1. The fourth-order valence-electron chi connectivity index (χ4n) is 2.10. The molecule has 3 nitrogen and oxygen atoms in total. The molecular weight excluding hydrogens is 301 g/mol. The number of hydrogen-bond donors (Lipinski definition) is 2. The minimum Gasteiger partial charge on any atom is -0.393 e. The molecule has 3 N–H and O–H groups in total. The van der Waals surface area contributed by atoms with Crippen LogP contribution in [0.15, 0.2) is 30.3 Å². The van der Waals surface area contributed by atoms with Crippen LogP contribution in [0.4, 0.5) is 13.2 Å². The number of rotatable bonds is 5. The van der Waals surface area contributed by atoms with Gasteiger partial charge in [0.25, 0.3) is 0 Å². The van der Waals surface area contributed by atoms with Gasteiger partial charge in [0.15, 0.2) is 0 Å². The van der Waals surface area contributed by atoms with Crippen LogP contribution in [0.25, 0.3) is 0 Å². The van der Waals surface area contributed by atoms with Gasteiger partial charge in [0.1, 0.15) is 5.54 Å². The quantitative estimate of drug-likeness (QED) is 0.820. The Morgan fingerprint density at radius 2 is 1.90 bits per heavy atom. The Kier molecular flexibility index (Phi) is 4.22. The van der Waals surface area contributed by atoms with Gasteiger partial charge in [-0.25, -0.2) is 0 Å². The molecule has 114 valence electrons. The molecule has 0 saturated heterocycles. The van der Waals surface area contributed by atoms with Gasteiger partial charge in [0, 0.05) is 0 Å². The third kappa shape index (κ3) is 3.53. The van der Waals surface area contributed by atoms with Gasteiger partial charge < -0.3 is 11.1 Å². The normalized spacial score (nSPS) is 17.9. The summed E-state index contributed by atoms with van der Waals surface area (Å²) in [6, 6.07) is 8.91. The molecule has 0 radical (unpaired) electrons. The van der Waals surface area contributed by atoms with Gasteiger partial charge in [-0.2, -0.15) is 13.2 Å². The number of nitrogens with two attached hydrogens (primary N) is 1. The molecule has 0 spiro atoms. The summed E-state index contributed by atoms with van der Waals surface area (Å²) in [5.41, 5.74) is 4.22. The van der Waals surface area contributed by atoms with Gasteiger partial charge in [-0.15, -0.1) is 0 Å². The van der Waals surface area contributed by atoms with Gasteiger partial charge in [0.2, 0.25) is 5.91 Å². The molecule has 1 unspecified atom stereocenters. The van der Waals surface area contributed by atoms with E-state index in [1.54, 1.807) is 24.3 Å². The SMILES string of the molecule is NC(=S)C(Cc1ccccc1)C(=O)NC1(C(F)(F)F)CC1. The van der Waals surface area contributed by atoms with Crippen LogP contribution in [0, 0.1) is 5.92 Å². The van der Waals surface area contributed by atoms with Crippen molar-refractivity contribution in [3.05, 3.63) is 35.9 Å². The van der Waals surface area contributed by atoms with Crippen molar-refractivity contribution in [1.29, 1.82) is 0 Å². The summed E-state index contributed by atoms with van der Waals surface area (Å²) in [6.45, 7) is 0. The zero-order valence-electron chi connectivity index (χ0n) is 11.1. The van der Waals surface area contributed by atoms with Crippen LogP contribution in [-0.2, 0) is 11.2 Å². The second-order valence-corrected chi connectivity index (χ2v) is 5.69. The average Bonchev–Trinajstić information content (AvgIpc) is 3.17. The molecule has 2 rings (SSSR count). The minimum absolute atomic E-state index is 0.0996. The molecule has 1 atom stereocenters. The van der Waals surface area contributed by atoms with Crippen LogP contribution < -0.4 is 11.1 Å². The monoisotopic (exact) mass is 316 g/mol. The van der Waals surface area contributed by atoms with Gasteiger partial charge in [-0.3, -0.25) is 4.79 Å². The molecule has 1 aliphatic rings. The Bertz CT molecular complexity index is 541. The number of amides is 1. The van der Waals surface area contributed by atoms with Gasteiger partial charge in [-0.1, -0.05) is 42.5 Å². The molecule has 0 aromatic heterocycles. The van der Waals surface area contributed by atoms with E-state index in [0.29, 0.717) is 0 Å². The van der Waals surface area contributed by atoms with E-state index in [1.807, 2.05) is 6.07 Å². The first kappa shape index (κ1) is 15.8. The zero-order valence-corrected chi connectivity index (χ0v) is 11.9. The van der Waals surface area contributed by atoms with Crippen LogP contribution in [0.3, 0.4) is 0 Å². The minimum atomic E-state index is -4.45. The van der Waals surface area contributed by atoms with Crippen LogP contribution in [0.5, 0.6) is 0 Å². The molecule has 1 amide bonds. The highest BCUT2D eigenvalue weighted by molar-refractivity contribution is 7.80. The predicted octanol–water partition coefficient (Wildman–Crippen LogP) is 2.34. The Balaban J connectivity index is 2.09. The molecule has 1 saturated carbocycles. The summed E-state index contributed by atoms with van der Waals surface area (Å²) >= 11 is 4.83. The Morgan fingerprint density at radius 3 is 2.33 bits per heavy atom. The first-order valence-corrected chi connectivity index (χ1v) is 6.88. The number of nitrogens with one attached hydrogen (secondary N) is 1. The number of carbonyl (C=O) groups is 1. The summed E-state index contributed by atoms with van der Waals surface area (Å²) in [5, 5.41) is 2.08. The van der Waals surface area contributed by atoms with Crippen molar-refractivity contribution >= 4 is 23.1 Å². The number of thiocarbonyl (C=S) groups is 1. The molecule has 0 bridgehead atoms. The van der Waals surface area contributed by atoms with E-state index in [9.17, 15) is 18.0 Å². The van der Waals surface area contributed by atoms with Gasteiger partial charge in [-0.05, 0) is 24.8 Å². The largest absolute Gasteiger partial charge is 0.411 e. The Labute approximate surface area is 125 Å². The molecule has 7 heteroatoms. The highest BCUT2D eigenvalue weighted by Gasteiger charge is 2.64. The lowest BCUT2D eigenvalue weighted by atomic mass is 9.98. The lowest BCUT2D eigenvalue weighted by Gasteiger charge is -2.24. The van der Waals surface area contributed by atoms with E-state index < -0.39 is 23.5 Å². The molecule has 21 heavy (non-hydrogen) atoms. The van der Waals surface area contributed by atoms with Crippen LogP contribution in [0.1, 0.15) is 18.4 Å². The third-order valence-corrected chi connectivity index (χ3v) is 3.88. The van der Waals surface area contributed by atoms with Gasteiger partial charge in [0.05, 0.1) is 10.9 Å². The zero-order chi connectivity index (χ0) is 15.7. The predicted molar refractivity (Wildman–Crippen MR) is 76.6 cm³/mol. The van der Waals surface area contributed by atoms with Crippen LogP contribution in [0.2, 0.25) is 0 Å². The summed E-state index contributed by atoms with van der Waals surface area (Å²) in [6.07, 6.45) is -4.46. The summed E-state index contributed by atoms with van der Waals surface area (Å²) in [7, 11) is 0. The lowest BCUT2D eigenvalue weighted by Crippen LogP contribution is -2.51. The number of carbonyl (C=O) groups excluding carboxylic acids is 1. The van der Waals surface area contributed by atoms with E-state index in [0.717, 1.165) is 5.56 Å². The van der Waals surface area contributed by atoms with E-state index in [4.69, 9.17) is 18.0 Å². The summed E-state index contributed by atoms with van der Waals surface area (Å²) < 4.78 is 38.6. The van der Waals surface area contributed by atoms with E-state index in [2.05, 4.69) is 5.32 Å². The van der Waals surface area contributed by atoms with Crippen molar-refractivity contribution in [2.75, 3.05) is 0 Å². The second-order valence-electron chi connectivity index (χ2n) is 5.21. The van der Waals surface area contributed by atoms with Crippen molar-refractivity contribution in [1.82, 2.24) is 5.32 Å². The Morgan fingerprint density at radius 1 is 1.33 bits per heavy atom. The van der Waals surface area contributed by atoms with E-state index >= 15 is 0 Å². The maximum Gasteiger partial charge on any atom is 0.411 e. The maximum atomic E-state index is 12.9. The molecule has 0 heterocycles. The number of hydrogen-bond acceptors (Lipinski definition) is 2. The molecule has 1 aliphatic carbocycles. The van der Waals surface area contributed by atoms with E-state index in [-0.39, 0.29) is 24.3 Å². The number of alkyl halides is 3. The average molecular weight is 316 g/mol. The molecule has 1 aromatic rings. The van der Waals surface area contributed by atoms with E-state index in [1.165, 1.54) is 0 Å². The molecule has 1 fully saturated rings. The summed E-state index contributed by atoms with van der Waals surface area (Å²) in [4.78, 5) is 12.0. The molecule has 1 aromatic carbocycles. The second kappa shape index (κ2) is 5.63. The van der Waals surface area contributed by atoms with Crippen molar-refractivity contribution in [3.63, 3.8) is 0 Å². The first-order valence-electron chi connectivity index (χ1n) is 6.47. The molecular formula is C14H15F3N2OS. The van der Waals surface area contributed by atoms with Gasteiger partial charge >= 0.3 is 6.18 Å². The highest BCUT2D eigenvalue weighted by Crippen LogP contribution is 2.49. The first-order chi connectivity index (χ1) is 9.75. The summed E-state index contributed by atoms with van der Waals surface area (Å²) in [5.74, 6) is -1.71. The number of halogens is 3. The highest BCUT2D eigenvalue weighted by atomic mass is 32.1. The fraction of sp³-hybridized carbons (Fsp3) is 0.429.